The number of aromatic nitrogens is 3. The number of anilines is 1. The molecule has 3 aromatic heterocycles. The molecule has 3 heterocycles. The Hall–Kier alpha value is -4.11. The zero-order chi connectivity index (χ0) is 22.2. The lowest BCUT2D eigenvalue weighted by molar-refractivity contribution is 0.0996. The van der Waals surface area contributed by atoms with Gasteiger partial charge < -0.3 is 9.73 Å². The van der Waals surface area contributed by atoms with Crippen LogP contribution >= 0.6 is 11.3 Å². The van der Waals surface area contributed by atoms with E-state index in [9.17, 15) is 14.0 Å². The maximum absolute atomic E-state index is 13.2. The van der Waals surface area contributed by atoms with Crippen LogP contribution in [0.4, 0.5) is 10.2 Å². The highest BCUT2D eigenvalue weighted by Gasteiger charge is 2.18. The van der Waals surface area contributed by atoms with Crippen molar-refractivity contribution >= 4 is 34.0 Å². The number of rotatable bonds is 4. The molecule has 0 fully saturated rings. The Bertz CT molecular complexity index is 1520. The maximum Gasteiger partial charge on any atom is 0.292 e. The molecule has 0 spiro atoms. The summed E-state index contributed by atoms with van der Waals surface area (Å²) in [5, 5.41) is 9.91. The predicted octanol–water partition coefficient (Wildman–Crippen LogP) is 4.80. The van der Waals surface area contributed by atoms with Gasteiger partial charge in [-0.05, 0) is 43.3 Å². The van der Waals surface area contributed by atoms with Crippen LogP contribution < -0.4 is 10.7 Å². The van der Waals surface area contributed by atoms with E-state index < -0.39 is 5.91 Å². The van der Waals surface area contributed by atoms with Crippen molar-refractivity contribution in [2.24, 2.45) is 0 Å². The van der Waals surface area contributed by atoms with Gasteiger partial charge in [0.2, 0.25) is 5.13 Å². The van der Waals surface area contributed by atoms with Gasteiger partial charge in [-0.25, -0.2) is 9.37 Å². The monoisotopic (exact) mass is 446 g/mol. The predicted molar refractivity (Wildman–Crippen MR) is 120 cm³/mol. The molecule has 158 valence electrons. The fourth-order valence-electron chi connectivity index (χ4n) is 3.24. The van der Waals surface area contributed by atoms with E-state index >= 15 is 0 Å². The number of hydrogen-bond donors (Lipinski definition) is 1. The third-order valence-electron chi connectivity index (χ3n) is 4.74. The molecule has 0 saturated heterocycles. The van der Waals surface area contributed by atoms with Crippen molar-refractivity contribution in [3.63, 3.8) is 0 Å². The summed E-state index contributed by atoms with van der Waals surface area (Å²) in [5.41, 5.74) is 2.13. The Balaban J connectivity index is 1.46. The largest absolute Gasteiger partial charge is 0.451 e. The SMILES string of the molecule is Cc1cc(NC(=O)c2cc(=O)c3ccccc3o2)n(-c2nc(-c3ccc(F)cc3)cs2)n1. The minimum absolute atomic E-state index is 0.106. The molecule has 1 amide bonds. The second kappa shape index (κ2) is 7.86. The minimum atomic E-state index is -0.579. The molecule has 0 unspecified atom stereocenters. The summed E-state index contributed by atoms with van der Waals surface area (Å²) in [6.07, 6.45) is 0. The lowest BCUT2D eigenvalue weighted by Crippen LogP contribution is -2.17. The van der Waals surface area contributed by atoms with E-state index in [1.54, 1.807) is 49.4 Å². The molecule has 0 bridgehead atoms. The summed E-state index contributed by atoms with van der Waals surface area (Å²) in [4.78, 5) is 29.7. The van der Waals surface area contributed by atoms with Crippen LogP contribution in [-0.4, -0.2) is 20.7 Å². The average Bonchev–Trinajstić information content (AvgIpc) is 3.41. The van der Waals surface area contributed by atoms with E-state index in [1.165, 1.54) is 34.2 Å². The van der Waals surface area contributed by atoms with Gasteiger partial charge in [0.1, 0.15) is 17.2 Å². The molecule has 5 rings (SSSR count). The van der Waals surface area contributed by atoms with Gasteiger partial charge in [-0.15, -0.1) is 11.3 Å². The van der Waals surface area contributed by atoms with Crippen molar-refractivity contribution in [3.05, 3.63) is 93.5 Å². The fraction of sp³-hybridized carbons (Fsp3) is 0.0435. The summed E-state index contributed by atoms with van der Waals surface area (Å²) < 4.78 is 20.3. The summed E-state index contributed by atoms with van der Waals surface area (Å²) in [6.45, 7) is 1.79. The van der Waals surface area contributed by atoms with E-state index in [1.807, 2.05) is 5.38 Å². The van der Waals surface area contributed by atoms with Gasteiger partial charge in [0.25, 0.3) is 5.91 Å². The number of hydrogen-bond acceptors (Lipinski definition) is 6. The summed E-state index contributed by atoms with van der Waals surface area (Å²) >= 11 is 1.33. The van der Waals surface area contributed by atoms with Gasteiger partial charge in [0.05, 0.1) is 16.8 Å². The molecule has 0 aliphatic carbocycles. The Morgan fingerprint density at radius 3 is 2.72 bits per heavy atom. The number of nitrogens with one attached hydrogen (secondary N) is 1. The Morgan fingerprint density at radius 2 is 1.91 bits per heavy atom. The Kier molecular flexibility index (Phi) is 4.87. The second-order valence-electron chi connectivity index (χ2n) is 7.03. The third-order valence-corrected chi connectivity index (χ3v) is 5.56. The lowest BCUT2D eigenvalue weighted by Gasteiger charge is -2.06. The smallest absolute Gasteiger partial charge is 0.292 e. The van der Waals surface area contributed by atoms with Crippen LogP contribution in [0.3, 0.4) is 0 Å². The number of fused-ring (bicyclic) bond motifs is 1. The quantitative estimate of drug-likeness (QED) is 0.428. The molecule has 0 atom stereocenters. The number of carbonyl (C=O) groups is 1. The molecular formula is C23H15FN4O3S. The van der Waals surface area contributed by atoms with Crippen LogP contribution in [0.25, 0.3) is 27.4 Å². The van der Waals surface area contributed by atoms with Crippen molar-refractivity contribution in [2.45, 2.75) is 6.92 Å². The molecule has 32 heavy (non-hydrogen) atoms. The van der Waals surface area contributed by atoms with Crippen LogP contribution in [-0.2, 0) is 0 Å². The Labute approximate surface area is 184 Å². The molecule has 0 aliphatic rings. The molecule has 0 aliphatic heterocycles. The lowest BCUT2D eigenvalue weighted by atomic mass is 10.2. The zero-order valence-corrected chi connectivity index (χ0v) is 17.5. The van der Waals surface area contributed by atoms with Gasteiger partial charge in [-0.2, -0.15) is 9.78 Å². The summed E-state index contributed by atoms with van der Waals surface area (Å²) in [7, 11) is 0. The minimum Gasteiger partial charge on any atom is -0.451 e. The number of para-hydroxylation sites is 1. The van der Waals surface area contributed by atoms with E-state index in [2.05, 4.69) is 15.4 Å². The van der Waals surface area contributed by atoms with Crippen molar-refractivity contribution in [1.82, 2.24) is 14.8 Å². The van der Waals surface area contributed by atoms with Crippen LogP contribution in [0.1, 0.15) is 16.2 Å². The number of thiazole rings is 1. The van der Waals surface area contributed by atoms with Gasteiger partial charge >= 0.3 is 0 Å². The number of halogens is 1. The van der Waals surface area contributed by atoms with Gasteiger partial charge in [-0.1, -0.05) is 12.1 Å². The molecule has 2 aromatic carbocycles. The standard InChI is InChI=1S/C23H15FN4O3S/c1-13-10-21(26-22(30)20-11-18(29)16-4-2-3-5-19(16)31-20)28(27-13)23-25-17(12-32-23)14-6-8-15(24)9-7-14/h2-12H,1H3,(H,26,30). The van der Waals surface area contributed by atoms with E-state index in [0.29, 0.717) is 33.3 Å². The van der Waals surface area contributed by atoms with Crippen molar-refractivity contribution < 1.29 is 13.6 Å². The fourth-order valence-corrected chi connectivity index (χ4v) is 4.04. The van der Waals surface area contributed by atoms with E-state index in [4.69, 9.17) is 4.42 Å². The average molecular weight is 446 g/mol. The molecule has 5 aromatic rings. The first-order chi connectivity index (χ1) is 15.5. The highest BCUT2D eigenvalue weighted by Crippen LogP contribution is 2.27. The highest BCUT2D eigenvalue weighted by atomic mass is 32.1. The van der Waals surface area contributed by atoms with Crippen molar-refractivity contribution in [1.29, 1.82) is 0 Å². The van der Waals surface area contributed by atoms with E-state index in [0.717, 1.165) is 5.56 Å². The van der Waals surface area contributed by atoms with Crippen LogP contribution in [0.2, 0.25) is 0 Å². The molecular weight excluding hydrogens is 431 g/mol. The first kappa shape index (κ1) is 19.8. The van der Waals surface area contributed by atoms with Crippen LogP contribution in [0.5, 0.6) is 0 Å². The number of carbonyl (C=O) groups excluding carboxylic acids is 1. The van der Waals surface area contributed by atoms with Gasteiger partial charge in [0.15, 0.2) is 11.2 Å². The van der Waals surface area contributed by atoms with Crippen molar-refractivity contribution in [2.75, 3.05) is 5.32 Å². The second-order valence-corrected chi connectivity index (χ2v) is 7.87. The topological polar surface area (TPSA) is 90.0 Å². The number of benzene rings is 2. The van der Waals surface area contributed by atoms with E-state index in [-0.39, 0.29) is 17.0 Å². The van der Waals surface area contributed by atoms with Gasteiger partial charge in [0, 0.05) is 23.1 Å². The van der Waals surface area contributed by atoms with Crippen LogP contribution in [0.15, 0.2) is 75.3 Å². The first-order valence-corrected chi connectivity index (χ1v) is 10.5. The zero-order valence-electron chi connectivity index (χ0n) is 16.7. The van der Waals surface area contributed by atoms with Crippen LogP contribution in [0, 0.1) is 12.7 Å². The summed E-state index contributed by atoms with van der Waals surface area (Å²) in [6, 6.07) is 15.6. The summed E-state index contributed by atoms with van der Waals surface area (Å²) in [5.74, 6) is -0.630. The number of nitrogens with zero attached hydrogens (tertiary/aromatic N) is 3. The highest BCUT2D eigenvalue weighted by molar-refractivity contribution is 7.12. The molecule has 9 heteroatoms. The normalized spacial score (nSPS) is 11.1. The number of amides is 1. The molecule has 0 saturated carbocycles. The maximum atomic E-state index is 13.2. The molecule has 7 nitrogen and oxygen atoms in total. The van der Waals surface area contributed by atoms with Crippen molar-refractivity contribution in [3.8, 4) is 16.4 Å². The Morgan fingerprint density at radius 1 is 1.12 bits per heavy atom. The first-order valence-electron chi connectivity index (χ1n) is 9.61. The van der Waals surface area contributed by atoms with Gasteiger partial charge in [-0.3, -0.25) is 9.59 Å². The third kappa shape index (κ3) is 3.69. The molecule has 0 radical (unpaired) electrons. The number of aryl methyl sites for hydroxylation is 1. The molecule has 1 N–H and O–H groups in total.